The van der Waals surface area contributed by atoms with Gasteiger partial charge < -0.3 is 16.1 Å². The largest absolute Gasteiger partial charge is 0.412 e. The van der Waals surface area contributed by atoms with Crippen LogP contribution in [0, 0.1) is 0 Å². The van der Waals surface area contributed by atoms with Crippen LogP contribution in [0.3, 0.4) is 0 Å². The third kappa shape index (κ3) is 6.62. The van der Waals surface area contributed by atoms with Gasteiger partial charge in [0, 0.05) is 23.1 Å². The van der Waals surface area contributed by atoms with Crippen molar-refractivity contribution in [3.63, 3.8) is 0 Å². The average molecular weight is 446 g/mol. The van der Waals surface area contributed by atoms with E-state index in [9.17, 15) is 0 Å². The van der Waals surface area contributed by atoms with E-state index in [1.54, 1.807) is 0 Å². The van der Waals surface area contributed by atoms with Gasteiger partial charge in [-0.05, 0) is 84.3 Å². The van der Waals surface area contributed by atoms with Crippen molar-refractivity contribution in [3.05, 3.63) is 68.7 Å². The van der Waals surface area contributed by atoms with Gasteiger partial charge in [0.1, 0.15) is 0 Å². The van der Waals surface area contributed by atoms with Crippen LogP contribution in [0.15, 0.2) is 36.4 Å². The fourth-order valence-electron chi connectivity index (χ4n) is 3.81. The molecule has 2 aromatic carbocycles. The Balaban J connectivity index is 0.000000261. The molecule has 156 valence electrons. The second kappa shape index (κ2) is 12.0. The highest BCUT2D eigenvalue weighted by molar-refractivity contribution is 6.30. The molecule has 4 rings (SSSR count). The first-order valence-electron chi connectivity index (χ1n) is 9.52. The molecule has 0 fully saturated rings. The topological polar surface area (TPSA) is 55.6 Å². The van der Waals surface area contributed by atoms with Crippen LogP contribution >= 0.6 is 35.6 Å². The van der Waals surface area contributed by atoms with Crippen molar-refractivity contribution in [1.29, 1.82) is 0 Å². The summed E-state index contributed by atoms with van der Waals surface area (Å²) in [5.74, 6) is 1.16. The van der Waals surface area contributed by atoms with Gasteiger partial charge >= 0.3 is 0 Å². The lowest BCUT2D eigenvalue weighted by molar-refractivity contribution is 0.644. The van der Waals surface area contributed by atoms with Crippen molar-refractivity contribution in [2.24, 2.45) is 0 Å². The van der Waals surface area contributed by atoms with Crippen LogP contribution in [0.4, 0.5) is 0 Å². The third-order valence-corrected chi connectivity index (χ3v) is 5.79. The Labute approximate surface area is 184 Å². The van der Waals surface area contributed by atoms with Gasteiger partial charge in [0.25, 0.3) is 0 Å². The molecule has 28 heavy (non-hydrogen) atoms. The first-order chi connectivity index (χ1) is 12.5. The molecule has 2 aliphatic rings. The molecule has 0 amide bonds. The molecule has 0 saturated heterocycles. The van der Waals surface area contributed by atoms with E-state index in [-0.39, 0.29) is 17.9 Å². The van der Waals surface area contributed by atoms with Crippen LogP contribution in [0.25, 0.3) is 0 Å². The van der Waals surface area contributed by atoms with Crippen LogP contribution in [-0.4, -0.2) is 31.7 Å². The van der Waals surface area contributed by atoms with Crippen LogP contribution in [0.1, 0.15) is 47.9 Å². The lowest BCUT2D eigenvalue weighted by Crippen LogP contribution is -2.18. The molecular formula is C22H31Cl3N2O. The highest BCUT2D eigenvalue weighted by Gasteiger charge is 2.15. The Bertz CT molecular complexity index is 691. The standard InChI is InChI=1S/2C11H14ClN.ClH.H2O/c2*1-8-7-13-5-4-9-2-3-10(12)6-11(8)9;;/h2*2-3,6,8,13H,4-5,7H2,1H3;1H;1H2/t8-;;;/m0.../s1. The van der Waals surface area contributed by atoms with E-state index in [0.717, 1.165) is 49.1 Å². The minimum absolute atomic E-state index is 0. The molecular weight excluding hydrogens is 415 g/mol. The van der Waals surface area contributed by atoms with Gasteiger partial charge in [-0.3, -0.25) is 0 Å². The molecule has 2 atom stereocenters. The van der Waals surface area contributed by atoms with Gasteiger partial charge in [-0.1, -0.05) is 49.2 Å². The van der Waals surface area contributed by atoms with E-state index in [1.807, 2.05) is 12.1 Å². The summed E-state index contributed by atoms with van der Waals surface area (Å²) in [6.07, 6.45) is 2.24. The first-order valence-corrected chi connectivity index (χ1v) is 10.3. The molecule has 3 nitrogen and oxygen atoms in total. The summed E-state index contributed by atoms with van der Waals surface area (Å²) in [7, 11) is 0. The van der Waals surface area contributed by atoms with Gasteiger partial charge in [-0.15, -0.1) is 12.4 Å². The maximum atomic E-state index is 5.97. The minimum Gasteiger partial charge on any atom is -0.412 e. The molecule has 2 aromatic rings. The maximum absolute atomic E-state index is 5.97. The fraction of sp³-hybridized carbons (Fsp3) is 0.455. The van der Waals surface area contributed by atoms with E-state index < -0.39 is 0 Å². The SMILES string of the molecule is CC1CNCCc2ccc(Cl)cc21.C[C@H]1CNCCc2ccc(Cl)cc21.Cl.O. The molecule has 0 radical (unpaired) electrons. The van der Waals surface area contributed by atoms with Crippen LogP contribution in [0.5, 0.6) is 0 Å². The molecule has 0 saturated carbocycles. The monoisotopic (exact) mass is 444 g/mol. The minimum atomic E-state index is 0. The van der Waals surface area contributed by atoms with E-state index in [0.29, 0.717) is 11.8 Å². The summed E-state index contributed by atoms with van der Waals surface area (Å²) in [6, 6.07) is 12.5. The Kier molecular flexibility index (Phi) is 10.8. The lowest BCUT2D eigenvalue weighted by Gasteiger charge is -2.11. The van der Waals surface area contributed by atoms with Crippen molar-refractivity contribution < 1.29 is 5.48 Å². The highest BCUT2D eigenvalue weighted by atomic mass is 35.5. The number of benzene rings is 2. The molecule has 6 heteroatoms. The average Bonchev–Trinajstić information content (AvgIpc) is 2.92. The van der Waals surface area contributed by atoms with Crippen molar-refractivity contribution >= 4 is 35.6 Å². The van der Waals surface area contributed by atoms with Gasteiger partial charge in [0.2, 0.25) is 0 Å². The second-order valence-electron chi connectivity index (χ2n) is 7.40. The quantitative estimate of drug-likeness (QED) is 0.613. The zero-order valence-corrected chi connectivity index (χ0v) is 18.9. The number of hydrogen-bond acceptors (Lipinski definition) is 2. The summed E-state index contributed by atoms with van der Waals surface area (Å²) < 4.78 is 0. The number of fused-ring (bicyclic) bond motifs is 2. The normalized spacial score (nSPS) is 20.6. The van der Waals surface area contributed by atoms with Crippen molar-refractivity contribution in [1.82, 2.24) is 10.6 Å². The zero-order chi connectivity index (χ0) is 18.5. The number of rotatable bonds is 0. The molecule has 0 bridgehead atoms. The van der Waals surface area contributed by atoms with E-state index in [2.05, 4.69) is 48.7 Å². The molecule has 0 aliphatic carbocycles. The Hall–Kier alpha value is -0.810. The van der Waals surface area contributed by atoms with Crippen LogP contribution in [-0.2, 0) is 12.8 Å². The predicted molar refractivity (Wildman–Crippen MR) is 124 cm³/mol. The lowest BCUT2D eigenvalue weighted by atomic mass is 9.96. The summed E-state index contributed by atoms with van der Waals surface area (Å²) >= 11 is 11.9. The van der Waals surface area contributed by atoms with Crippen molar-refractivity contribution in [2.75, 3.05) is 26.2 Å². The molecule has 1 unspecified atom stereocenters. The van der Waals surface area contributed by atoms with Gasteiger partial charge in [0.15, 0.2) is 0 Å². The van der Waals surface area contributed by atoms with Crippen molar-refractivity contribution in [3.8, 4) is 0 Å². The Morgan fingerprint density at radius 1 is 0.750 bits per heavy atom. The third-order valence-electron chi connectivity index (χ3n) is 5.32. The van der Waals surface area contributed by atoms with E-state index in [1.165, 1.54) is 22.3 Å². The van der Waals surface area contributed by atoms with Gasteiger partial charge in [-0.25, -0.2) is 0 Å². The molecule has 2 aliphatic heterocycles. The van der Waals surface area contributed by atoms with E-state index >= 15 is 0 Å². The number of nitrogens with one attached hydrogen (secondary N) is 2. The second-order valence-corrected chi connectivity index (χ2v) is 8.27. The summed E-state index contributed by atoms with van der Waals surface area (Å²) in [6.45, 7) is 8.78. The highest BCUT2D eigenvalue weighted by Crippen LogP contribution is 2.26. The van der Waals surface area contributed by atoms with Gasteiger partial charge in [-0.2, -0.15) is 0 Å². The zero-order valence-electron chi connectivity index (χ0n) is 16.5. The van der Waals surface area contributed by atoms with Crippen LogP contribution in [0.2, 0.25) is 10.0 Å². The summed E-state index contributed by atoms with van der Waals surface area (Å²) in [5, 5.41) is 8.55. The van der Waals surface area contributed by atoms with Crippen LogP contribution < -0.4 is 10.6 Å². The molecule has 0 aromatic heterocycles. The summed E-state index contributed by atoms with van der Waals surface area (Å²) in [4.78, 5) is 0. The fourth-order valence-corrected chi connectivity index (χ4v) is 4.17. The van der Waals surface area contributed by atoms with E-state index in [4.69, 9.17) is 23.2 Å². The summed E-state index contributed by atoms with van der Waals surface area (Å²) in [5.41, 5.74) is 5.72. The Morgan fingerprint density at radius 3 is 1.54 bits per heavy atom. The molecule has 4 N–H and O–H groups in total. The predicted octanol–water partition coefficient (Wildman–Crippen LogP) is 4.78. The number of hydrogen-bond donors (Lipinski definition) is 2. The number of halogens is 3. The molecule has 2 heterocycles. The Morgan fingerprint density at radius 2 is 1.14 bits per heavy atom. The molecule has 0 spiro atoms. The van der Waals surface area contributed by atoms with Crippen molar-refractivity contribution in [2.45, 2.75) is 38.5 Å². The smallest absolute Gasteiger partial charge is 0.0409 e. The van der Waals surface area contributed by atoms with Gasteiger partial charge in [0.05, 0.1) is 0 Å². The maximum Gasteiger partial charge on any atom is 0.0409 e. The first kappa shape index (κ1) is 25.2.